The zero-order chi connectivity index (χ0) is 38.2. The largest absolute Gasteiger partial charge is 0.481 e. The number of halogens is 2. The molecule has 8 aliphatic rings. The maximum absolute atomic E-state index is 13.9. The lowest BCUT2D eigenvalue weighted by Crippen LogP contribution is -2.69. The molecule has 7 aliphatic carbocycles. The molecule has 0 aromatic carbocycles. The molecule has 300 valence electrons. The highest BCUT2D eigenvalue weighted by atomic mass is 19.3. The molecule has 8 fully saturated rings. The second-order valence-electron chi connectivity index (χ2n) is 22.6. The number of nitrogens with zero attached hydrogens (tertiary/aromatic N) is 1. The molecule has 0 spiro atoms. The molecule has 1 aliphatic heterocycles. The van der Waals surface area contributed by atoms with E-state index in [1.54, 1.807) is 0 Å². The SMILES string of the molecule is CC1(C2CC[C@]3(NCCN4CCC(F)(F)CC4)CC[C@]4(C)[C@H](CCC5[C@@]6(C)CC[C@H](OC(=O)[C@H]7C[C@@H](C(=O)O)C7(C)C)C(C)(C)[C@@H]6CC[C@]54C)C23)CC1. The molecule has 53 heavy (non-hydrogen) atoms. The number of hydrogen-bond acceptors (Lipinski definition) is 5. The van der Waals surface area contributed by atoms with Crippen LogP contribution in [0.15, 0.2) is 0 Å². The topological polar surface area (TPSA) is 78.9 Å². The molecule has 1 heterocycles. The molecule has 0 bridgehead atoms. The molecular weight excluding hydrogens is 671 g/mol. The molecule has 3 unspecified atom stereocenters. The third-order valence-corrected chi connectivity index (χ3v) is 19.9. The van der Waals surface area contributed by atoms with E-state index in [4.69, 9.17) is 4.74 Å². The van der Waals surface area contributed by atoms with E-state index >= 15 is 0 Å². The van der Waals surface area contributed by atoms with Crippen LogP contribution < -0.4 is 5.32 Å². The van der Waals surface area contributed by atoms with Crippen LogP contribution in [-0.2, 0) is 14.3 Å². The third-order valence-electron chi connectivity index (χ3n) is 19.9. The van der Waals surface area contributed by atoms with E-state index in [1.165, 1.54) is 64.2 Å². The Bertz CT molecular complexity index is 1470. The lowest BCUT2D eigenvalue weighted by molar-refractivity contribution is -0.249. The number of likely N-dealkylation sites (tertiary alicyclic amines) is 1. The smallest absolute Gasteiger partial charge is 0.309 e. The Hall–Kier alpha value is -1.28. The minimum atomic E-state index is -2.49. The lowest BCUT2D eigenvalue weighted by atomic mass is 9.32. The van der Waals surface area contributed by atoms with E-state index in [2.05, 4.69) is 51.8 Å². The van der Waals surface area contributed by atoms with Gasteiger partial charge in [-0.1, -0.05) is 55.4 Å². The van der Waals surface area contributed by atoms with Crippen LogP contribution in [0.2, 0.25) is 0 Å². The number of carbonyl (C=O) groups is 2. The van der Waals surface area contributed by atoms with Crippen LogP contribution in [0.1, 0.15) is 152 Å². The van der Waals surface area contributed by atoms with Crippen molar-refractivity contribution < 1.29 is 28.2 Å². The fraction of sp³-hybridized carbons (Fsp3) is 0.956. The predicted octanol–water partition coefficient (Wildman–Crippen LogP) is 9.60. The van der Waals surface area contributed by atoms with Crippen molar-refractivity contribution >= 4 is 11.9 Å². The summed E-state index contributed by atoms with van der Waals surface area (Å²) in [6.45, 7) is 22.0. The van der Waals surface area contributed by atoms with E-state index in [1.807, 2.05) is 13.8 Å². The number of ether oxygens (including phenoxy) is 1. The van der Waals surface area contributed by atoms with Gasteiger partial charge in [0.1, 0.15) is 6.10 Å². The van der Waals surface area contributed by atoms with Gasteiger partial charge in [0.05, 0.1) is 11.8 Å². The number of fused-ring (bicyclic) bond motifs is 7. The van der Waals surface area contributed by atoms with Gasteiger partial charge in [-0.25, -0.2) is 8.78 Å². The van der Waals surface area contributed by atoms with Crippen LogP contribution in [-0.4, -0.2) is 65.7 Å². The van der Waals surface area contributed by atoms with Crippen LogP contribution in [0.5, 0.6) is 0 Å². The Labute approximate surface area is 319 Å². The second kappa shape index (κ2) is 12.4. The van der Waals surface area contributed by atoms with Crippen molar-refractivity contribution in [2.75, 3.05) is 26.2 Å². The number of carboxylic acids is 1. The van der Waals surface area contributed by atoms with Crippen molar-refractivity contribution in [2.24, 2.45) is 73.9 Å². The highest BCUT2D eigenvalue weighted by molar-refractivity contribution is 5.81. The summed E-state index contributed by atoms with van der Waals surface area (Å²) < 4.78 is 34.3. The number of hydrogen-bond donors (Lipinski definition) is 2. The van der Waals surface area contributed by atoms with Crippen LogP contribution >= 0.6 is 0 Å². The summed E-state index contributed by atoms with van der Waals surface area (Å²) in [4.78, 5) is 27.7. The first-order valence-corrected chi connectivity index (χ1v) is 21.9. The summed E-state index contributed by atoms with van der Waals surface area (Å²) in [6, 6.07) is 0. The molecule has 0 aromatic rings. The summed E-state index contributed by atoms with van der Waals surface area (Å²) in [5.74, 6) is -1.04. The number of carbonyl (C=O) groups excluding carboxylic acids is 1. The van der Waals surface area contributed by atoms with E-state index in [-0.39, 0.29) is 58.0 Å². The zero-order valence-electron chi connectivity index (χ0n) is 34.4. The standard InChI is InChI=1S/C45H72F2N2O4/c1-38(2)30(36(50)51)27-31(38)37(52)53-34-13-14-41(6)32(39(34,3)4)12-15-43(8)33(41)10-9-29-35-28(40(5)17-18-40)11-16-44(35,20-19-42(29,43)7)48-23-26-49-24-21-45(46,47)22-25-49/h28-35,48H,9-27H2,1-8H3,(H,50,51)/t28?,29-,30+,31-,32+,33?,34+,35?,41+,42-,43-,44+/m1/s1. The van der Waals surface area contributed by atoms with Gasteiger partial charge in [-0.05, 0) is 140 Å². The normalized spacial score (nSPS) is 48.9. The van der Waals surface area contributed by atoms with Gasteiger partial charge in [0.25, 0.3) is 5.92 Å². The monoisotopic (exact) mass is 743 g/mol. The summed E-state index contributed by atoms with van der Waals surface area (Å²) >= 11 is 0. The van der Waals surface area contributed by atoms with Crippen molar-refractivity contribution in [1.29, 1.82) is 0 Å². The summed E-state index contributed by atoms with van der Waals surface area (Å²) in [7, 11) is 0. The van der Waals surface area contributed by atoms with E-state index in [0.717, 1.165) is 31.8 Å². The quantitative estimate of drug-likeness (QED) is 0.241. The Morgan fingerprint density at radius 3 is 2.06 bits per heavy atom. The van der Waals surface area contributed by atoms with Crippen molar-refractivity contribution in [3.8, 4) is 0 Å². The fourth-order valence-corrected chi connectivity index (χ4v) is 16.0. The van der Waals surface area contributed by atoms with Crippen molar-refractivity contribution in [3.63, 3.8) is 0 Å². The van der Waals surface area contributed by atoms with Gasteiger partial charge in [0.15, 0.2) is 0 Å². The fourth-order valence-electron chi connectivity index (χ4n) is 16.0. The van der Waals surface area contributed by atoms with Crippen LogP contribution in [0.3, 0.4) is 0 Å². The predicted molar refractivity (Wildman–Crippen MR) is 203 cm³/mol. The molecule has 0 radical (unpaired) electrons. The molecule has 8 heteroatoms. The van der Waals surface area contributed by atoms with Crippen molar-refractivity contribution in [3.05, 3.63) is 0 Å². The minimum Gasteiger partial charge on any atom is -0.481 e. The first-order valence-electron chi connectivity index (χ1n) is 21.9. The Kier molecular flexibility index (Phi) is 9.00. The van der Waals surface area contributed by atoms with Gasteiger partial charge in [0, 0.05) is 50.0 Å². The molecule has 7 saturated carbocycles. The Balaban J connectivity index is 0.998. The molecule has 12 atom stereocenters. The van der Waals surface area contributed by atoms with Crippen LogP contribution in [0.4, 0.5) is 8.78 Å². The summed E-state index contributed by atoms with van der Waals surface area (Å²) in [5.41, 5.74) is 0.652. The Morgan fingerprint density at radius 1 is 0.717 bits per heavy atom. The van der Waals surface area contributed by atoms with Gasteiger partial charge in [-0.3, -0.25) is 9.59 Å². The van der Waals surface area contributed by atoms with E-state index in [9.17, 15) is 23.5 Å². The van der Waals surface area contributed by atoms with Gasteiger partial charge < -0.3 is 20.1 Å². The van der Waals surface area contributed by atoms with E-state index in [0.29, 0.717) is 48.6 Å². The maximum atomic E-state index is 13.9. The number of esters is 1. The van der Waals surface area contributed by atoms with Gasteiger partial charge in [-0.15, -0.1) is 0 Å². The number of aliphatic carboxylic acids is 1. The molecule has 8 rings (SSSR count). The molecule has 0 aromatic heterocycles. The third kappa shape index (κ3) is 5.67. The van der Waals surface area contributed by atoms with Gasteiger partial charge >= 0.3 is 11.9 Å². The van der Waals surface area contributed by atoms with Gasteiger partial charge in [-0.2, -0.15) is 0 Å². The average Bonchev–Trinajstić information content (AvgIpc) is 3.69. The zero-order valence-corrected chi connectivity index (χ0v) is 34.4. The lowest BCUT2D eigenvalue weighted by Gasteiger charge is -2.73. The first-order chi connectivity index (χ1) is 24.6. The highest BCUT2D eigenvalue weighted by Gasteiger charge is 2.72. The summed E-state index contributed by atoms with van der Waals surface area (Å²) in [5, 5.41) is 13.9. The number of nitrogens with one attached hydrogen (secondary N) is 1. The molecule has 1 saturated heterocycles. The van der Waals surface area contributed by atoms with Crippen molar-refractivity contribution in [1.82, 2.24) is 10.2 Å². The number of carboxylic acid groups (broad SMARTS) is 1. The number of alkyl halides is 2. The Morgan fingerprint density at radius 2 is 1.42 bits per heavy atom. The average molecular weight is 743 g/mol. The molecule has 6 nitrogen and oxygen atoms in total. The van der Waals surface area contributed by atoms with Crippen molar-refractivity contribution in [2.45, 2.75) is 169 Å². The summed E-state index contributed by atoms with van der Waals surface area (Å²) in [6.07, 6.45) is 15.1. The molecule has 2 N–H and O–H groups in total. The van der Waals surface area contributed by atoms with Gasteiger partial charge in [0.2, 0.25) is 0 Å². The van der Waals surface area contributed by atoms with E-state index < -0.39 is 23.2 Å². The second-order valence-corrected chi connectivity index (χ2v) is 22.6. The maximum Gasteiger partial charge on any atom is 0.309 e. The number of rotatable bonds is 8. The molecular formula is C45H72F2N2O4. The first kappa shape index (κ1) is 38.6. The minimum absolute atomic E-state index is 0.00206. The van der Waals surface area contributed by atoms with Crippen LogP contribution in [0, 0.1) is 73.9 Å². The molecule has 0 amide bonds. The highest BCUT2D eigenvalue weighted by Crippen LogP contribution is 2.78. The van der Waals surface area contributed by atoms with Crippen LogP contribution in [0.25, 0.3) is 0 Å². The number of piperidine rings is 1.